The number of hydrogen-bond donors (Lipinski definition) is 0. The molecule has 2 atom stereocenters. The molecule has 0 amide bonds. The zero-order valence-corrected chi connectivity index (χ0v) is 12.5. The van der Waals surface area contributed by atoms with Gasteiger partial charge in [0.25, 0.3) is 0 Å². The Morgan fingerprint density at radius 2 is 1.48 bits per heavy atom. The Hall–Kier alpha value is -2.11. The standard InChI is InChI=1S/C15H20O6/c1-5-11(16)14(19)9(4)10(8-21-13(18)7-3)15(20)12(17)6-2/h7,9-10H,3,5-6,8H2,1-2,4H3. The Bertz CT molecular complexity index is 463. The number of Topliss-reactive ketones (excluding diaryl/α,β-unsaturated/α-hetero) is 4. The minimum atomic E-state index is -1.15. The van der Waals surface area contributed by atoms with E-state index in [0.29, 0.717) is 0 Å². The Morgan fingerprint density at radius 3 is 1.90 bits per heavy atom. The van der Waals surface area contributed by atoms with E-state index in [1.165, 1.54) is 20.8 Å². The molecule has 0 spiro atoms. The van der Waals surface area contributed by atoms with E-state index in [-0.39, 0.29) is 12.8 Å². The summed E-state index contributed by atoms with van der Waals surface area (Å²) in [7, 11) is 0. The van der Waals surface area contributed by atoms with E-state index in [9.17, 15) is 24.0 Å². The van der Waals surface area contributed by atoms with Crippen molar-refractivity contribution in [3.8, 4) is 0 Å². The van der Waals surface area contributed by atoms with Gasteiger partial charge in [-0.3, -0.25) is 19.2 Å². The lowest BCUT2D eigenvalue weighted by molar-refractivity contribution is -0.149. The second kappa shape index (κ2) is 8.94. The lowest BCUT2D eigenvalue weighted by Crippen LogP contribution is -2.38. The predicted molar refractivity (Wildman–Crippen MR) is 74.4 cm³/mol. The third-order valence-electron chi connectivity index (χ3n) is 3.12. The average Bonchev–Trinajstić information content (AvgIpc) is 2.51. The molecule has 0 aliphatic heterocycles. The molecular formula is C15H20O6. The van der Waals surface area contributed by atoms with E-state index >= 15 is 0 Å². The maximum atomic E-state index is 12.0. The van der Waals surface area contributed by atoms with E-state index in [1.807, 2.05) is 0 Å². The highest BCUT2D eigenvalue weighted by Gasteiger charge is 2.36. The van der Waals surface area contributed by atoms with E-state index in [1.54, 1.807) is 0 Å². The molecule has 21 heavy (non-hydrogen) atoms. The first kappa shape index (κ1) is 18.9. The molecule has 0 rings (SSSR count). The zero-order valence-electron chi connectivity index (χ0n) is 12.5. The van der Waals surface area contributed by atoms with Gasteiger partial charge in [-0.25, -0.2) is 4.79 Å². The Morgan fingerprint density at radius 1 is 1.00 bits per heavy atom. The van der Waals surface area contributed by atoms with Gasteiger partial charge in [0.15, 0.2) is 11.6 Å². The highest BCUT2D eigenvalue weighted by molar-refractivity contribution is 6.41. The van der Waals surface area contributed by atoms with Crippen molar-refractivity contribution in [2.24, 2.45) is 11.8 Å². The van der Waals surface area contributed by atoms with Crippen molar-refractivity contribution in [3.63, 3.8) is 0 Å². The smallest absolute Gasteiger partial charge is 0.330 e. The molecule has 0 saturated heterocycles. The molecule has 0 aromatic rings. The quantitative estimate of drug-likeness (QED) is 0.340. The summed E-state index contributed by atoms with van der Waals surface area (Å²) in [6, 6.07) is 0. The minimum Gasteiger partial charge on any atom is -0.462 e. The fourth-order valence-corrected chi connectivity index (χ4v) is 1.67. The second-order valence-corrected chi connectivity index (χ2v) is 4.51. The molecule has 6 heteroatoms. The Kier molecular flexibility index (Phi) is 8.04. The number of carbonyl (C=O) groups is 5. The SMILES string of the molecule is C=CC(=O)OCC(C(=O)C(=O)CC)C(C)C(=O)C(=O)CC. The average molecular weight is 296 g/mol. The summed E-state index contributed by atoms with van der Waals surface area (Å²) in [5.74, 6) is -5.77. The Labute approximate surface area is 123 Å². The van der Waals surface area contributed by atoms with Crippen LogP contribution in [0, 0.1) is 11.8 Å². The van der Waals surface area contributed by atoms with Gasteiger partial charge in [-0.15, -0.1) is 0 Å². The number of ether oxygens (including phenoxy) is 1. The summed E-state index contributed by atoms with van der Waals surface area (Å²) in [6.45, 7) is 7.19. The molecule has 116 valence electrons. The number of esters is 1. The molecule has 0 aliphatic rings. The van der Waals surface area contributed by atoms with Crippen molar-refractivity contribution in [1.82, 2.24) is 0 Å². The summed E-state index contributed by atoms with van der Waals surface area (Å²) < 4.78 is 4.76. The highest BCUT2D eigenvalue weighted by Crippen LogP contribution is 2.17. The van der Waals surface area contributed by atoms with Crippen molar-refractivity contribution < 1.29 is 28.7 Å². The van der Waals surface area contributed by atoms with E-state index < -0.39 is 47.5 Å². The molecule has 0 radical (unpaired) electrons. The second-order valence-electron chi connectivity index (χ2n) is 4.51. The molecule has 0 aromatic heterocycles. The third kappa shape index (κ3) is 5.41. The summed E-state index contributed by atoms with van der Waals surface area (Å²) in [6.07, 6.45) is 0.901. The van der Waals surface area contributed by atoms with Crippen LogP contribution >= 0.6 is 0 Å². The number of ketones is 4. The molecule has 0 aliphatic carbocycles. The van der Waals surface area contributed by atoms with Crippen LogP contribution in [0.5, 0.6) is 0 Å². The Balaban J connectivity index is 5.19. The van der Waals surface area contributed by atoms with Gasteiger partial charge in [-0.05, 0) is 0 Å². The fraction of sp³-hybridized carbons (Fsp3) is 0.533. The lowest BCUT2D eigenvalue weighted by atomic mass is 9.84. The molecule has 0 bridgehead atoms. The van der Waals surface area contributed by atoms with Crippen LogP contribution in [0.3, 0.4) is 0 Å². The van der Waals surface area contributed by atoms with Crippen molar-refractivity contribution in [2.45, 2.75) is 33.6 Å². The topological polar surface area (TPSA) is 94.6 Å². The van der Waals surface area contributed by atoms with Crippen LogP contribution in [-0.4, -0.2) is 35.7 Å². The first-order chi connectivity index (χ1) is 9.79. The summed E-state index contributed by atoms with van der Waals surface area (Å²) in [4.78, 5) is 57.9. The fourth-order valence-electron chi connectivity index (χ4n) is 1.67. The molecule has 2 unspecified atom stereocenters. The first-order valence-electron chi connectivity index (χ1n) is 6.73. The van der Waals surface area contributed by atoms with Gasteiger partial charge in [-0.1, -0.05) is 27.4 Å². The van der Waals surface area contributed by atoms with Crippen molar-refractivity contribution in [3.05, 3.63) is 12.7 Å². The van der Waals surface area contributed by atoms with Gasteiger partial charge in [-0.2, -0.15) is 0 Å². The largest absolute Gasteiger partial charge is 0.462 e. The number of hydrogen-bond acceptors (Lipinski definition) is 6. The van der Waals surface area contributed by atoms with Crippen LogP contribution in [0.1, 0.15) is 33.6 Å². The number of carbonyl (C=O) groups excluding carboxylic acids is 5. The van der Waals surface area contributed by atoms with Crippen LogP contribution in [0.15, 0.2) is 12.7 Å². The van der Waals surface area contributed by atoms with Crippen LogP contribution < -0.4 is 0 Å². The molecule has 0 saturated carbocycles. The van der Waals surface area contributed by atoms with Crippen LogP contribution in [0.4, 0.5) is 0 Å². The normalized spacial score (nSPS) is 12.9. The first-order valence-corrected chi connectivity index (χ1v) is 6.73. The van der Waals surface area contributed by atoms with E-state index in [0.717, 1.165) is 6.08 Å². The third-order valence-corrected chi connectivity index (χ3v) is 3.12. The van der Waals surface area contributed by atoms with Gasteiger partial charge >= 0.3 is 5.97 Å². The van der Waals surface area contributed by atoms with Gasteiger partial charge in [0.1, 0.15) is 6.61 Å². The lowest BCUT2D eigenvalue weighted by Gasteiger charge is -2.20. The predicted octanol–water partition coefficient (Wildman–Crippen LogP) is 1.06. The maximum Gasteiger partial charge on any atom is 0.330 e. The van der Waals surface area contributed by atoms with Crippen LogP contribution in [-0.2, 0) is 28.7 Å². The van der Waals surface area contributed by atoms with Crippen molar-refractivity contribution in [2.75, 3.05) is 6.61 Å². The van der Waals surface area contributed by atoms with Crippen molar-refractivity contribution in [1.29, 1.82) is 0 Å². The molecule has 0 heterocycles. The molecule has 6 nitrogen and oxygen atoms in total. The van der Waals surface area contributed by atoms with Crippen molar-refractivity contribution >= 4 is 29.1 Å². The monoisotopic (exact) mass is 296 g/mol. The van der Waals surface area contributed by atoms with Gasteiger partial charge in [0.05, 0.1) is 5.92 Å². The van der Waals surface area contributed by atoms with Gasteiger partial charge in [0, 0.05) is 24.8 Å². The van der Waals surface area contributed by atoms with E-state index in [2.05, 4.69) is 6.58 Å². The summed E-state index contributed by atoms with van der Waals surface area (Å²) in [5.41, 5.74) is 0. The molecular weight excluding hydrogens is 276 g/mol. The van der Waals surface area contributed by atoms with Crippen LogP contribution in [0.25, 0.3) is 0 Å². The molecule has 0 N–H and O–H groups in total. The maximum absolute atomic E-state index is 12.0. The van der Waals surface area contributed by atoms with Gasteiger partial charge in [0.2, 0.25) is 11.6 Å². The molecule has 0 aromatic carbocycles. The summed E-state index contributed by atoms with van der Waals surface area (Å²) >= 11 is 0. The van der Waals surface area contributed by atoms with E-state index in [4.69, 9.17) is 4.74 Å². The van der Waals surface area contributed by atoms with Gasteiger partial charge < -0.3 is 4.74 Å². The zero-order chi connectivity index (χ0) is 16.6. The summed E-state index contributed by atoms with van der Waals surface area (Å²) in [5, 5.41) is 0. The van der Waals surface area contributed by atoms with Crippen LogP contribution in [0.2, 0.25) is 0 Å². The number of rotatable bonds is 10. The molecule has 0 fully saturated rings. The highest BCUT2D eigenvalue weighted by atomic mass is 16.5. The minimum absolute atomic E-state index is 0.0122.